The highest BCUT2D eigenvalue weighted by Crippen LogP contribution is 2.39. The van der Waals surface area contributed by atoms with Crippen LogP contribution in [0.2, 0.25) is 0 Å². The Kier molecular flexibility index (Phi) is 2.56. The first-order valence-corrected chi connectivity index (χ1v) is 6.48. The third-order valence-electron chi connectivity index (χ3n) is 3.13. The van der Waals surface area contributed by atoms with E-state index in [0.717, 1.165) is 27.6 Å². The Morgan fingerprint density at radius 2 is 2.06 bits per heavy atom. The third-order valence-corrected chi connectivity index (χ3v) is 4.31. The Labute approximate surface area is 108 Å². The van der Waals surface area contributed by atoms with Crippen LogP contribution in [-0.4, -0.2) is 21.2 Å². The Hall–Kier alpha value is -1.88. The maximum Gasteiger partial charge on any atom is 0.312 e. The summed E-state index contributed by atoms with van der Waals surface area (Å²) < 4.78 is 0. The van der Waals surface area contributed by atoms with Crippen molar-refractivity contribution in [3.8, 4) is 16.3 Å². The number of carboxylic acids is 1. The summed E-state index contributed by atoms with van der Waals surface area (Å²) in [7, 11) is 0. The molecule has 0 bridgehead atoms. The van der Waals surface area contributed by atoms with Crippen molar-refractivity contribution in [1.29, 1.82) is 0 Å². The Morgan fingerprint density at radius 1 is 1.33 bits per heavy atom. The number of nitrogens with zero attached hydrogens (tertiary/aromatic N) is 1. The number of carboxylic acid groups (broad SMARTS) is 1. The molecule has 4 nitrogen and oxygen atoms in total. The van der Waals surface area contributed by atoms with Crippen molar-refractivity contribution in [2.24, 2.45) is 0 Å². The number of thiazole rings is 1. The molecule has 0 radical (unpaired) electrons. The second-order valence-corrected chi connectivity index (χ2v) is 5.39. The zero-order valence-electron chi connectivity index (χ0n) is 9.46. The van der Waals surface area contributed by atoms with Gasteiger partial charge in [0.25, 0.3) is 0 Å². The summed E-state index contributed by atoms with van der Waals surface area (Å²) in [4.78, 5) is 16.6. The van der Waals surface area contributed by atoms with Crippen LogP contribution in [0.3, 0.4) is 0 Å². The van der Waals surface area contributed by atoms with Crippen LogP contribution in [-0.2, 0) is 11.2 Å². The largest absolute Gasteiger partial charge is 0.508 e. The molecule has 1 unspecified atom stereocenters. The molecule has 1 aliphatic rings. The molecule has 1 aliphatic carbocycles. The van der Waals surface area contributed by atoms with E-state index in [1.54, 1.807) is 35.6 Å². The maximum absolute atomic E-state index is 11.1. The molecule has 3 rings (SSSR count). The standard InChI is InChI=1S/C13H11NO3S/c15-8-3-1-7(2-4-8)12-14-11-9(13(16)17)5-6-10(11)18-12/h1-4,9,15H,5-6H2,(H,16,17). The van der Waals surface area contributed by atoms with Crippen LogP contribution in [0.25, 0.3) is 10.6 Å². The monoisotopic (exact) mass is 261 g/mol. The number of phenolic OH excluding ortho intramolecular Hbond substituents is 1. The van der Waals surface area contributed by atoms with Gasteiger partial charge in [-0.1, -0.05) is 0 Å². The first kappa shape index (κ1) is 11.2. The topological polar surface area (TPSA) is 70.4 Å². The fraction of sp³-hybridized carbons (Fsp3) is 0.231. The molecule has 1 aromatic heterocycles. The lowest BCUT2D eigenvalue weighted by molar-refractivity contribution is -0.138. The highest BCUT2D eigenvalue weighted by Gasteiger charge is 2.32. The van der Waals surface area contributed by atoms with Gasteiger partial charge in [-0.15, -0.1) is 11.3 Å². The molecule has 5 heteroatoms. The Balaban J connectivity index is 1.99. The summed E-state index contributed by atoms with van der Waals surface area (Å²) in [6.07, 6.45) is 1.45. The molecular formula is C13H11NO3S. The predicted octanol–water partition coefficient (Wildman–Crippen LogP) is 2.63. The van der Waals surface area contributed by atoms with E-state index in [0.29, 0.717) is 6.42 Å². The van der Waals surface area contributed by atoms with Crippen molar-refractivity contribution < 1.29 is 15.0 Å². The minimum atomic E-state index is -0.795. The van der Waals surface area contributed by atoms with Crippen molar-refractivity contribution in [3.05, 3.63) is 34.8 Å². The van der Waals surface area contributed by atoms with Gasteiger partial charge in [-0.2, -0.15) is 0 Å². The molecular weight excluding hydrogens is 250 g/mol. The normalized spacial score (nSPS) is 17.7. The number of rotatable bonds is 2. The van der Waals surface area contributed by atoms with Crippen LogP contribution in [0.1, 0.15) is 22.9 Å². The number of carbonyl (C=O) groups is 1. The van der Waals surface area contributed by atoms with Gasteiger partial charge in [0.15, 0.2) is 0 Å². The molecule has 0 saturated carbocycles. The van der Waals surface area contributed by atoms with Crippen molar-refractivity contribution in [2.75, 3.05) is 0 Å². The molecule has 18 heavy (non-hydrogen) atoms. The number of aryl methyl sites for hydroxylation is 1. The third kappa shape index (κ3) is 1.76. The molecule has 0 amide bonds. The van der Waals surface area contributed by atoms with Gasteiger partial charge in [0.2, 0.25) is 0 Å². The lowest BCUT2D eigenvalue weighted by Crippen LogP contribution is -2.08. The lowest BCUT2D eigenvalue weighted by atomic mass is 10.1. The molecule has 0 spiro atoms. The van der Waals surface area contributed by atoms with Crippen LogP contribution in [0.4, 0.5) is 0 Å². The van der Waals surface area contributed by atoms with Gasteiger partial charge >= 0.3 is 5.97 Å². The zero-order chi connectivity index (χ0) is 12.7. The number of hydrogen-bond acceptors (Lipinski definition) is 4. The molecule has 0 saturated heterocycles. The lowest BCUT2D eigenvalue weighted by Gasteiger charge is -2.01. The SMILES string of the molecule is O=C(O)C1CCc2sc(-c3ccc(O)cc3)nc21. The average Bonchev–Trinajstić information content (AvgIpc) is 2.88. The maximum atomic E-state index is 11.1. The van der Waals surface area contributed by atoms with E-state index < -0.39 is 11.9 Å². The van der Waals surface area contributed by atoms with Crippen LogP contribution in [0.5, 0.6) is 5.75 Å². The van der Waals surface area contributed by atoms with Crippen molar-refractivity contribution in [2.45, 2.75) is 18.8 Å². The number of aromatic hydroxyl groups is 1. The number of hydrogen-bond donors (Lipinski definition) is 2. The summed E-state index contributed by atoms with van der Waals surface area (Å²) in [6, 6.07) is 6.80. The van der Waals surface area contributed by atoms with E-state index in [2.05, 4.69) is 4.98 Å². The average molecular weight is 261 g/mol. The minimum Gasteiger partial charge on any atom is -0.508 e. The second kappa shape index (κ2) is 4.10. The second-order valence-electron chi connectivity index (χ2n) is 4.30. The van der Waals surface area contributed by atoms with Gasteiger partial charge in [0.1, 0.15) is 16.7 Å². The minimum absolute atomic E-state index is 0.214. The van der Waals surface area contributed by atoms with Gasteiger partial charge in [-0.25, -0.2) is 4.98 Å². The number of phenols is 1. The molecule has 0 fully saturated rings. The first-order valence-electron chi connectivity index (χ1n) is 5.67. The van der Waals surface area contributed by atoms with E-state index in [1.807, 2.05) is 0 Å². The molecule has 1 atom stereocenters. The van der Waals surface area contributed by atoms with Gasteiger partial charge in [0, 0.05) is 10.4 Å². The Bertz CT molecular complexity index is 603. The predicted molar refractivity (Wildman–Crippen MR) is 67.9 cm³/mol. The van der Waals surface area contributed by atoms with Crippen LogP contribution in [0.15, 0.2) is 24.3 Å². The highest BCUT2D eigenvalue weighted by atomic mass is 32.1. The van der Waals surface area contributed by atoms with Crippen LogP contribution < -0.4 is 0 Å². The van der Waals surface area contributed by atoms with Crippen LogP contribution in [0, 0.1) is 0 Å². The van der Waals surface area contributed by atoms with E-state index >= 15 is 0 Å². The summed E-state index contributed by atoms with van der Waals surface area (Å²) in [5.41, 5.74) is 1.63. The number of aliphatic carboxylic acids is 1. The Morgan fingerprint density at radius 3 is 2.72 bits per heavy atom. The molecule has 2 aromatic rings. The van der Waals surface area contributed by atoms with E-state index in [1.165, 1.54) is 0 Å². The van der Waals surface area contributed by atoms with Gasteiger partial charge in [-0.3, -0.25) is 4.79 Å². The van der Waals surface area contributed by atoms with Crippen molar-refractivity contribution in [3.63, 3.8) is 0 Å². The summed E-state index contributed by atoms with van der Waals surface area (Å²) >= 11 is 1.55. The number of benzene rings is 1. The summed E-state index contributed by atoms with van der Waals surface area (Å²) in [5, 5.41) is 19.2. The van der Waals surface area contributed by atoms with Gasteiger partial charge in [0.05, 0.1) is 5.69 Å². The van der Waals surface area contributed by atoms with Crippen molar-refractivity contribution >= 4 is 17.3 Å². The summed E-state index contributed by atoms with van der Waals surface area (Å²) in [6.45, 7) is 0. The molecule has 0 aliphatic heterocycles. The molecule has 1 heterocycles. The number of aromatic nitrogens is 1. The van der Waals surface area contributed by atoms with E-state index in [9.17, 15) is 9.90 Å². The quantitative estimate of drug-likeness (QED) is 0.871. The fourth-order valence-electron chi connectivity index (χ4n) is 2.19. The molecule has 92 valence electrons. The summed E-state index contributed by atoms with van der Waals surface area (Å²) in [5.74, 6) is -1.04. The zero-order valence-corrected chi connectivity index (χ0v) is 10.3. The molecule has 1 aromatic carbocycles. The van der Waals surface area contributed by atoms with E-state index in [-0.39, 0.29) is 5.75 Å². The highest BCUT2D eigenvalue weighted by molar-refractivity contribution is 7.15. The van der Waals surface area contributed by atoms with Crippen LogP contribution >= 0.6 is 11.3 Å². The molecule has 2 N–H and O–H groups in total. The van der Waals surface area contributed by atoms with Gasteiger partial charge < -0.3 is 10.2 Å². The van der Waals surface area contributed by atoms with E-state index in [4.69, 9.17) is 5.11 Å². The number of fused-ring (bicyclic) bond motifs is 1. The smallest absolute Gasteiger partial charge is 0.312 e. The van der Waals surface area contributed by atoms with Gasteiger partial charge in [-0.05, 0) is 37.1 Å². The fourth-order valence-corrected chi connectivity index (χ4v) is 3.34. The van der Waals surface area contributed by atoms with Crippen molar-refractivity contribution in [1.82, 2.24) is 4.98 Å². The first-order chi connectivity index (χ1) is 8.65.